The highest BCUT2D eigenvalue weighted by Crippen LogP contribution is 2.41. The number of halogens is 3. The van der Waals surface area contributed by atoms with Crippen molar-refractivity contribution in [2.24, 2.45) is 0 Å². The van der Waals surface area contributed by atoms with Gasteiger partial charge in [0.2, 0.25) is 0 Å². The van der Waals surface area contributed by atoms with Gasteiger partial charge >= 0.3 is 0 Å². The van der Waals surface area contributed by atoms with E-state index < -0.39 is 38.8 Å². The minimum absolute atomic E-state index is 0.0945. The molecule has 0 radical (unpaired) electrons. The normalized spacial score (nSPS) is 15.7. The third-order valence-electron chi connectivity index (χ3n) is 3.68. The number of allylic oxidation sites excluding steroid dienone is 4. The Labute approximate surface area is 155 Å². The number of anilines is 1. The molecule has 2 N–H and O–H groups in total. The molecule has 0 spiro atoms. The number of nitrogens with one attached hydrogen (secondary N) is 1. The van der Waals surface area contributed by atoms with E-state index >= 15 is 0 Å². The topological polar surface area (TPSA) is 79.3 Å². The van der Waals surface area contributed by atoms with Gasteiger partial charge in [-0.15, -0.1) is 0 Å². The zero-order chi connectivity index (χ0) is 20.1. The van der Waals surface area contributed by atoms with Crippen molar-refractivity contribution in [3.63, 3.8) is 0 Å². The maximum atomic E-state index is 13.9. The Hall–Kier alpha value is -2.65. The molecule has 3 rings (SSSR count). The summed E-state index contributed by atoms with van der Waals surface area (Å²) in [5.74, 6) is -4.00. The van der Waals surface area contributed by atoms with Crippen LogP contribution in [0.5, 0.6) is 0 Å². The van der Waals surface area contributed by atoms with Crippen LogP contribution < -0.4 is 5.32 Å². The van der Waals surface area contributed by atoms with E-state index in [4.69, 9.17) is 4.55 Å². The van der Waals surface area contributed by atoms with Gasteiger partial charge in [0.1, 0.15) is 5.82 Å². The van der Waals surface area contributed by atoms with E-state index in [2.05, 4.69) is 10.3 Å². The Morgan fingerprint density at radius 2 is 1.67 bits per heavy atom. The molecule has 2 aromatic rings. The fourth-order valence-corrected chi connectivity index (χ4v) is 2.91. The molecule has 0 fully saturated rings. The van der Waals surface area contributed by atoms with Crippen LogP contribution in [0.25, 0.3) is 5.57 Å². The van der Waals surface area contributed by atoms with Crippen molar-refractivity contribution >= 4 is 21.4 Å². The molecule has 144 valence electrons. The zero-order valence-electron chi connectivity index (χ0n) is 14.2. The van der Waals surface area contributed by atoms with E-state index in [1.165, 1.54) is 12.1 Å². The van der Waals surface area contributed by atoms with Crippen molar-refractivity contribution in [1.29, 1.82) is 0 Å². The molecule has 5 nitrogen and oxygen atoms in total. The van der Waals surface area contributed by atoms with Gasteiger partial charge in [0.25, 0.3) is 16.0 Å². The van der Waals surface area contributed by atoms with Crippen molar-refractivity contribution in [1.82, 2.24) is 4.98 Å². The summed E-state index contributed by atoms with van der Waals surface area (Å²) < 4.78 is 70.9. The molecule has 9 heteroatoms. The molecule has 0 aliphatic heterocycles. The summed E-state index contributed by atoms with van der Waals surface area (Å²) in [6, 6.07) is 8.27. The molecule has 0 amide bonds. The van der Waals surface area contributed by atoms with Crippen LogP contribution in [0.15, 0.2) is 65.8 Å². The molecule has 0 bridgehead atoms. The predicted octanol–water partition coefficient (Wildman–Crippen LogP) is 4.14. The lowest BCUT2D eigenvalue weighted by atomic mass is 9.93. The Kier molecular flexibility index (Phi) is 6.40. The van der Waals surface area contributed by atoms with Crippen LogP contribution in [0, 0.1) is 5.82 Å². The summed E-state index contributed by atoms with van der Waals surface area (Å²) in [6.45, 7) is 0. The van der Waals surface area contributed by atoms with Gasteiger partial charge in [-0.05, 0) is 35.9 Å². The molecule has 1 heterocycles. The molecule has 0 saturated carbocycles. The van der Waals surface area contributed by atoms with Gasteiger partial charge in [0.05, 0.1) is 11.3 Å². The maximum Gasteiger partial charge on any atom is 0.290 e. The van der Waals surface area contributed by atoms with Gasteiger partial charge in [-0.25, -0.2) is 13.2 Å². The predicted molar refractivity (Wildman–Crippen MR) is 97.4 cm³/mol. The van der Waals surface area contributed by atoms with Crippen LogP contribution in [0.1, 0.15) is 12.0 Å². The number of benzene rings is 1. The van der Waals surface area contributed by atoms with Crippen molar-refractivity contribution in [3.8, 4) is 0 Å². The minimum atomic E-state index is -4.63. The average Bonchev–Trinajstić information content (AvgIpc) is 2.62. The second kappa shape index (κ2) is 8.36. The van der Waals surface area contributed by atoms with Crippen LogP contribution in [-0.2, 0) is 10.1 Å². The molecule has 27 heavy (non-hydrogen) atoms. The highest BCUT2D eigenvalue weighted by molar-refractivity contribution is 7.89. The number of alkyl halides is 2. The zero-order valence-corrected chi connectivity index (χ0v) is 15.1. The monoisotopic (exact) mass is 398 g/mol. The van der Waals surface area contributed by atoms with E-state index in [9.17, 15) is 21.6 Å². The first-order chi connectivity index (χ1) is 12.6. The highest BCUT2D eigenvalue weighted by atomic mass is 32.2. The maximum absolute atomic E-state index is 13.9. The van der Waals surface area contributed by atoms with Crippen LogP contribution >= 0.6 is 0 Å². The second-order valence-electron chi connectivity index (χ2n) is 5.56. The largest absolute Gasteiger partial charge is 0.388 e. The van der Waals surface area contributed by atoms with Crippen LogP contribution in [0.4, 0.5) is 18.9 Å². The number of pyridine rings is 1. The van der Waals surface area contributed by atoms with Crippen molar-refractivity contribution in [2.45, 2.75) is 12.3 Å². The van der Waals surface area contributed by atoms with E-state index in [0.29, 0.717) is 0 Å². The molecule has 1 aliphatic carbocycles. The average molecular weight is 398 g/mol. The van der Waals surface area contributed by atoms with E-state index in [1.54, 1.807) is 12.4 Å². The third-order valence-corrected chi connectivity index (χ3v) is 4.62. The molecular formula is C18H17F3N2O3S. The van der Waals surface area contributed by atoms with Crippen LogP contribution in [0.2, 0.25) is 0 Å². The smallest absolute Gasteiger partial charge is 0.290 e. The first kappa shape index (κ1) is 20.7. The van der Waals surface area contributed by atoms with Gasteiger partial charge in [-0.1, -0.05) is 18.2 Å². The first-order valence-electron chi connectivity index (χ1n) is 7.74. The summed E-state index contributed by atoms with van der Waals surface area (Å²) in [5.41, 5.74) is 0.775. The highest BCUT2D eigenvalue weighted by Gasteiger charge is 2.40. The Bertz CT molecular complexity index is 942. The second-order valence-corrected chi connectivity index (χ2v) is 7.04. The Balaban J connectivity index is 0.000000273. The summed E-state index contributed by atoms with van der Waals surface area (Å²) >= 11 is 0. The number of hydrogen-bond donors (Lipinski definition) is 2. The Morgan fingerprint density at radius 3 is 2.11 bits per heavy atom. The van der Waals surface area contributed by atoms with Gasteiger partial charge in [0, 0.05) is 30.7 Å². The van der Waals surface area contributed by atoms with Gasteiger partial charge in [0.15, 0.2) is 0 Å². The molecule has 0 saturated heterocycles. The fraction of sp³-hybridized carbons (Fsp3) is 0.167. The van der Waals surface area contributed by atoms with Gasteiger partial charge < -0.3 is 5.32 Å². The molecular weight excluding hydrogens is 381 g/mol. The van der Waals surface area contributed by atoms with Crippen LogP contribution in [0.3, 0.4) is 0 Å². The fourth-order valence-electron chi connectivity index (χ4n) is 2.30. The number of nitrogens with zero attached hydrogens (tertiary/aromatic N) is 1. The van der Waals surface area contributed by atoms with E-state index in [0.717, 1.165) is 30.0 Å². The van der Waals surface area contributed by atoms with Crippen molar-refractivity contribution < 1.29 is 26.1 Å². The molecule has 1 aromatic carbocycles. The number of rotatable bonds is 3. The molecule has 0 unspecified atom stereocenters. The summed E-state index contributed by atoms with van der Waals surface area (Å²) in [5, 5.41) is 2.99. The summed E-state index contributed by atoms with van der Waals surface area (Å²) in [6.07, 6.45) is 4.23. The Morgan fingerprint density at radius 1 is 1.07 bits per heavy atom. The summed E-state index contributed by atoms with van der Waals surface area (Å²) in [4.78, 5) is 3.11. The lowest BCUT2D eigenvalue weighted by Crippen LogP contribution is -2.24. The lowest BCUT2D eigenvalue weighted by molar-refractivity contribution is 0.0677. The molecule has 1 aliphatic rings. The quantitative estimate of drug-likeness (QED) is 0.760. The van der Waals surface area contributed by atoms with E-state index in [1.807, 2.05) is 19.2 Å². The van der Waals surface area contributed by atoms with Crippen LogP contribution in [-0.4, -0.2) is 30.9 Å². The minimum Gasteiger partial charge on any atom is -0.388 e. The first-order valence-corrected chi connectivity index (χ1v) is 9.18. The molecule has 0 atom stereocenters. The number of hydrogen-bond acceptors (Lipinski definition) is 4. The third kappa shape index (κ3) is 5.66. The van der Waals surface area contributed by atoms with Gasteiger partial charge in [-0.3, -0.25) is 9.54 Å². The van der Waals surface area contributed by atoms with Gasteiger partial charge in [-0.2, -0.15) is 8.42 Å². The van der Waals surface area contributed by atoms with E-state index in [-0.39, 0.29) is 5.56 Å². The standard InChI is InChI=1S/C12H9F3O3S.C6H8N2/c13-9-3-1-8(2-4-9)11-6-5-10(19(16,17)18)7-12(11,14)15;1-7-6-2-4-8-5-3-6/h1-6H,7H2,(H,16,17,18);2-5H,1H3,(H,7,8). The molecule has 1 aromatic heterocycles. The van der Waals surface area contributed by atoms with Crippen molar-refractivity contribution in [2.75, 3.05) is 12.4 Å². The summed E-state index contributed by atoms with van der Waals surface area (Å²) in [7, 11) is -2.75. The lowest BCUT2D eigenvalue weighted by Gasteiger charge is -2.23. The SMILES string of the molecule is CNc1ccncc1.O=S(=O)(O)C1=CC=C(c2ccc(F)cc2)C(F)(F)C1. The number of aromatic nitrogens is 1. The van der Waals surface area contributed by atoms with Crippen molar-refractivity contribution in [3.05, 3.63) is 77.2 Å².